The Morgan fingerprint density at radius 1 is 1.00 bits per heavy atom. The molecular weight excluding hydrogens is 222 g/mol. The Hall–Kier alpha value is -2.31. The zero-order valence-electron chi connectivity index (χ0n) is 10.5. The van der Waals surface area contributed by atoms with E-state index in [1.54, 1.807) is 0 Å². The van der Waals surface area contributed by atoms with Gasteiger partial charge in [0.15, 0.2) is 0 Å². The summed E-state index contributed by atoms with van der Waals surface area (Å²) in [7, 11) is 0. The molecule has 90 valence electrons. The Balaban J connectivity index is 3.19. The molecule has 1 aromatic carbocycles. The summed E-state index contributed by atoms with van der Waals surface area (Å²) in [5.74, 6) is 0. The van der Waals surface area contributed by atoms with Gasteiger partial charge in [0.05, 0.1) is 23.6 Å². The van der Waals surface area contributed by atoms with Crippen LogP contribution in [-0.4, -0.2) is 0 Å². The lowest BCUT2D eigenvalue weighted by Crippen LogP contribution is -2.25. The minimum Gasteiger partial charge on any atom is -0.198 e. The maximum atomic E-state index is 9.54. The fraction of sp³-hybridized carbons (Fsp3) is 0.400. The van der Waals surface area contributed by atoms with Crippen LogP contribution in [0.25, 0.3) is 0 Å². The molecule has 0 heterocycles. The van der Waals surface area contributed by atoms with E-state index in [0.717, 1.165) is 11.1 Å². The second-order valence-electron chi connectivity index (χ2n) is 4.33. The Kier molecular flexibility index (Phi) is 4.91. The van der Waals surface area contributed by atoms with Crippen LogP contribution in [0, 0.1) is 40.9 Å². The highest BCUT2D eigenvalue weighted by molar-refractivity contribution is 5.38. The van der Waals surface area contributed by atoms with Crippen LogP contribution in [0.3, 0.4) is 0 Å². The number of rotatable bonds is 5. The van der Waals surface area contributed by atoms with E-state index in [4.69, 9.17) is 10.5 Å². The summed E-state index contributed by atoms with van der Waals surface area (Å²) < 4.78 is 0. The van der Waals surface area contributed by atoms with Gasteiger partial charge in [-0.1, -0.05) is 24.3 Å². The van der Waals surface area contributed by atoms with Gasteiger partial charge in [-0.15, -0.1) is 0 Å². The third kappa shape index (κ3) is 2.88. The van der Waals surface area contributed by atoms with E-state index in [1.807, 2.05) is 31.2 Å². The normalized spacial score (nSPS) is 10.1. The number of hydrogen-bond acceptors (Lipinski definition) is 3. The lowest BCUT2D eigenvalue weighted by Gasteiger charge is -2.27. The molecule has 0 radical (unpaired) electrons. The number of nitriles is 3. The van der Waals surface area contributed by atoms with Gasteiger partial charge >= 0.3 is 0 Å². The molecule has 0 aromatic heterocycles. The Labute approximate surface area is 108 Å². The molecule has 1 aromatic rings. The second-order valence-corrected chi connectivity index (χ2v) is 4.33. The Bertz CT molecular complexity index is 508. The smallest absolute Gasteiger partial charge is 0.0844 e. The second kappa shape index (κ2) is 6.43. The molecule has 0 amide bonds. The summed E-state index contributed by atoms with van der Waals surface area (Å²) in [4.78, 5) is 0. The molecule has 0 aliphatic rings. The van der Waals surface area contributed by atoms with E-state index in [0.29, 0.717) is 25.7 Å². The van der Waals surface area contributed by atoms with E-state index < -0.39 is 5.41 Å². The average Bonchev–Trinajstić information content (AvgIpc) is 2.41. The van der Waals surface area contributed by atoms with Gasteiger partial charge in [0, 0.05) is 12.8 Å². The van der Waals surface area contributed by atoms with Crippen molar-refractivity contribution >= 4 is 0 Å². The van der Waals surface area contributed by atoms with Crippen molar-refractivity contribution < 1.29 is 0 Å². The first-order chi connectivity index (χ1) is 8.70. The van der Waals surface area contributed by atoms with Crippen molar-refractivity contribution in [2.24, 2.45) is 0 Å². The van der Waals surface area contributed by atoms with Gasteiger partial charge in [0.25, 0.3) is 0 Å². The number of nitrogens with zero attached hydrogens (tertiary/aromatic N) is 3. The molecule has 0 saturated carbocycles. The molecule has 0 aliphatic heterocycles. The molecule has 0 spiro atoms. The highest BCUT2D eigenvalue weighted by Crippen LogP contribution is 2.35. The molecule has 1 rings (SSSR count). The summed E-state index contributed by atoms with van der Waals surface area (Å²) in [6.07, 6.45) is 1.61. The van der Waals surface area contributed by atoms with Gasteiger partial charge in [-0.05, 0) is 30.9 Å². The summed E-state index contributed by atoms with van der Waals surface area (Å²) >= 11 is 0. The van der Waals surface area contributed by atoms with Crippen LogP contribution in [0.15, 0.2) is 24.3 Å². The predicted molar refractivity (Wildman–Crippen MR) is 68.2 cm³/mol. The van der Waals surface area contributed by atoms with Gasteiger partial charge in [-0.2, -0.15) is 15.8 Å². The Morgan fingerprint density at radius 3 is 2.00 bits per heavy atom. The quantitative estimate of drug-likeness (QED) is 0.788. The summed E-state index contributed by atoms with van der Waals surface area (Å²) in [5.41, 5.74) is 1.27. The zero-order valence-corrected chi connectivity index (χ0v) is 10.5. The van der Waals surface area contributed by atoms with Crippen LogP contribution in [-0.2, 0) is 5.41 Å². The summed E-state index contributed by atoms with van der Waals surface area (Å²) in [6.45, 7) is 1.96. The van der Waals surface area contributed by atoms with Crippen molar-refractivity contribution in [2.75, 3.05) is 0 Å². The molecule has 0 bridgehead atoms. The van der Waals surface area contributed by atoms with Crippen LogP contribution >= 0.6 is 0 Å². The lowest BCUT2D eigenvalue weighted by molar-refractivity contribution is 0.474. The first-order valence-corrected chi connectivity index (χ1v) is 5.91. The van der Waals surface area contributed by atoms with E-state index in [-0.39, 0.29) is 0 Å². The van der Waals surface area contributed by atoms with Crippen molar-refractivity contribution in [3.05, 3.63) is 35.4 Å². The fourth-order valence-corrected chi connectivity index (χ4v) is 2.21. The molecule has 3 nitrogen and oxygen atoms in total. The van der Waals surface area contributed by atoms with Gasteiger partial charge in [-0.3, -0.25) is 0 Å². The first-order valence-electron chi connectivity index (χ1n) is 5.91. The summed E-state index contributed by atoms with van der Waals surface area (Å²) in [5, 5.41) is 27.0. The van der Waals surface area contributed by atoms with E-state index in [1.165, 1.54) is 0 Å². The molecule has 0 unspecified atom stereocenters. The predicted octanol–water partition coefficient (Wildman–Crippen LogP) is 3.36. The molecule has 0 fully saturated rings. The number of benzene rings is 1. The van der Waals surface area contributed by atoms with Crippen molar-refractivity contribution in [1.29, 1.82) is 15.8 Å². The molecular formula is C15H15N3. The van der Waals surface area contributed by atoms with Gasteiger partial charge in [0.1, 0.15) is 0 Å². The monoisotopic (exact) mass is 237 g/mol. The maximum absolute atomic E-state index is 9.54. The molecule has 3 heteroatoms. The van der Waals surface area contributed by atoms with Crippen molar-refractivity contribution in [3.8, 4) is 18.2 Å². The largest absolute Gasteiger partial charge is 0.198 e. The van der Waals surface area contributed by atoms with Crippen LogP contribution in [0.4, 0.5) is 0 Å². The zero-order chi connectivity index (χ0) is 13.4. The van der Waals surface area contributed by atoms with E-state index >= 15 is 0 Å². The highest BCUT2D eigenvalue weighted by Gasteiger charge is 2.32. The van der Waals surface area contributed by atoms with Crippen molar-refractivity contribution in [1.82, 2.24) is 0 Å². The van der Waals surface area contributed by atoms with Crippen LogP contribution < -0.4 is 0 Å². The first kappa shape index (κ1) is 13.8. The summed E-state index contributed by atoms with van der Waals surface area (Å²) in [6, 6.07) is 14.2. The van der Waals surface area contributed by atoms with E-state index in [2.05, 4.69) is 18.2 Å². The maximum Gasteiger partial charge on any atom is 0.0844 e. The lowest BCUT2D eigenvalue weighted by atomic mass is 9.73. The standard InChI is InChI=1S/C15H15N3/c1-13-6-2-3-7-14(13)15(12-18,8-4-10-16)9-5-11-17/h2-3,6-7H,4-5,8-9H2,1H3. The highest BCUT2D eigenvalue weighted by atomic mass is 14.4. The van der Waals surface area contributed by atoms with Crippen LogP contribution in [0.1, 0.15) is 36.8 Å². The topological polar surface area (TPSA) is 71.4 Å². The van der Waals surface area contributed by atoms with Gasteiger partial charge < -0.3 is 0 Å². The van der Waals surface area contributed by atoms with Crippen LogP contribution in [0.2, 0.25) is 0 Å². The minimum absolute atomic E-state index is 0.327. The number of hydrogen-bond donors (Lipinski definition) is 0. The van der Waals surface area contributed by atoms with Crippen molar-refractivity contribution in [2.45, 2.75) is 38.0 Å². The number of aryl methyl sites for hydroxylation is 1. The van der Waals surface area contributed by atoms with E-state index in [9.17, 15) is 5.26 Å². The molecule has 0 saturated heterocycles. The molecule has 0 aliphatic carbocycles. The van der Waals surface area contributed by atoms with Crippen molar-refractivity contribution in [3.63, 3.8) is 0 Å². The molecule has 0 atom stereocenters. The fourth-order valence-electron chi connectivity index (χ4n) is 2.21. The van der Waals surface area contributed by atoms with Gasteiger partial charge in [0.2, 0.25) is 0 Å². The molecule has 18 heavy (non-hydrogen) atoms. The molecule has 0 N–H and O–H groups in total. The SMILES string of the molecule is Cc1ccccc1C(C#N)(CCC#N)CCC#N. The third-order valence-corrected chi connectivity index (χ3v) is 3.20. The van der Waals surface area contributed by atoms with Crippen LogP contribution in [0.5, 0.6) is 0 Å². The minimum atomic E-state index is -0.712. The average molecular weight is 237 g/mol. The third-order valence-electron chi connectivity index (χ3n) is 3.20. The van der Waals surface area contributed by atoms with Gasteiger partial charge in [-0.25, -0.2) is 0 Å². The Morgan fingerprint density at radius 2 is 1.56 bits per heavy atom.